The zero-order valence-electron chi connectivity index (χ0n) is 16.8. The van der Waals surface area contributed by atoms with Crippen molar-refractivity contribution < 1.29 is 4.79 Å². The van der Waals surface area contributed by atoms with Crippen LogP contribution in [0, 0.1) is 6.92 Å². The van der Waals surface area contributed by atoms with Gasteiger partial charge in [-0.05, 0) is 30.2 Å². The normalized spacial score (nSPS) is 10.8. The standard InChI is InChI=1S/C21H19Cl2N7O/c1-12-15(8-13-6-4-3-5-7-13)19(27-20-16(12)11-24-30(20)2)28-29-21(31)25-14-9-17(22)26-18(23)10-14/h3-7,9-11H,8H2,1-2H3,(H,27,28)(H2,25,26,29,31). The predicted molar refractivity (Wildman–Crippen MR) is 123 cm³/mol. The second-order valence-electron chi connectivity index (χ2n) is 6.94. The number of pyridine rings is 2. The fourth-order valence-electron chi connectivity index (χ4n) is 3.28. The van der Waals surface area contributed by atoms with Gasteiger partial charge in [0.15, 0.2) is 11.5 Å². The highest BCUT2D eigenvalue weighted by atomic mass is 35.5. The van der Waals surface area contributed by atoms with Crippen LogP contribution in [0.25, 0.3) is 11.0 Å². The van der Waals surface area contributed by atoms with Crippen LogP contribution in [0.1, 0.15) is 16.7 Å². The largest absolute Gasteiger partial charge is 0.337 e. The van der Waals surface area contributed by atoms with Gasteiger partial charge in [-0.3, -0.25) is 15.5 Å². The van der Waals surface area contributed by atoms with E-state index in [1.807, 2.05) is 44.3 Å². The van der Waals surface area contributed by atoms with Crippen LogP contribution in [0.5, 0.6) is 0 Å². The SMILES string of the molecule is Cc1c(Cc2ccccc2)c(NNC(=O)Nc2cc(Cl)nc(Cl)c2)nc2c1cnn2C. The number of hydrogen-bond acceptors (Lipinski definition) is 5. The van der Waals surface area contributed by atoms with Gasteiger partial charge in [0.2, 0.25) is 0 Å². The minimum absolute atomic E-state index is 0.180. The highest BCUT2D eigenvalue weighted by Gasteiger charge is 2.16. The Morgan fingerprint density at radius 1 is 1.10 bits per heavy atom. The summed E-state index contributed by atoms with van der Waals surface area (Å²) in [7, 11) is 1.83. The van der Waals surface area contributed by atoms with Gasteiger partial charge in [0.1, 0.15) is 10.3 Å². The van der Waals surface area contributed by atoms with E-state index in [1.54, 1.807) is 10.9 Å². The van der Waals surface area contributed by atoms with Gasteiger partial charge in [0.05, 0.1) is 6.20 Å². The van der Waals surface area contributed by atoms with Gasteiger partial charge in [-0.1, -0.05) is 53.5 Å². The molecule has 3 heterocycles. The van der Waals surface area contributed by atoms with Gasteiger partial charge in [-0.15, -0.1) is 0 Å². The van der Waals surface area contributed by atoms with E-state index in [0.29, 0.717) is 23.6 Å². The molecule has 31 heavy (non-hydrogen) atoms. The van der Waals surface area contributed by atoms with Crippen molar-refractivity contribution in [2.75, 3.05) is 10.7 Å². The third-order valence-electron chi connectivity index (χ3n) is 4.81. The van der Waals surface area contributed by atoms with Crippen LogP contribution in [0.3, 0.4) is 0 Å². The smallest absolute Gasteiger partial charge is 0.306 e. The number of benzene rings is 1. The van der Waals surface area contributed by atoms with E-state index in [4.69, 9.17) is 28.2 Å². The summed E-state index contributed by atoms with van der Waals surface area (Å²) in [5.41, 5.74) is 9.82. The molecule has 1 aromatic carbocycles. The van der Waals surface area contributed by atoms with Gasteiger partial charge < -0.3 is 5.32 Å². The number of aryl methyl sites for hydroxylation is 2. The van der Waals surface area contributed by atoms with E-state index < -0.39 is 6.03 Å². The quantitative estimate of drug-likeness (QED) is 0.298. The van der Waals surface area contributed by atoms with Crippen molar-refractivity contribution in [1.82, 2.24) is 25.2 Å². The Balaban J connectivity index is 1.60. The molecule has 0 aliphatic carbocycles. The van der Waals surface area contributed by atoms with Gasteiger partial charge >= 0.3 is 6.03 Å². The van der Waals surface area contributed by atoms with E-state index in [0.717, 1.165) is 22.1 Å². The number of carbonyl (C=O) groups excluding carboxylic acids is 1. The van der Waals surface area contributed by atoms with Crippen LogP contribution in [0.15, 0.2) is 48.7 Å². The van der Waals surface area contributed by atoms with Crippen LogP contribution >= 0.6 is 23.2 Å². The first-order valence-corrected chi connectivity index (χ1v) is 10.2. The van der Waals surface area contributed by atoms with E-state index in [9.17, 15) is 4.79 Å². The molecule has 0 unspecified atom stereocenters. The average molecular weight is 456 g/mol. The molecule has 0 aliphatic heterocycles. The first kappa shape index (κ1) is 20.9. The maximum absolute atomic E-state index is 12.4. The molecule has 0 aliphatic rings. The number of rotatable bonds is 5. The second kappa shape index (κ2) is 8.79. The Bertz CT molecular complexity index is 1240. The van der Waals surface area contributed by atoms with Crippen LogP contribution in [0.2, 0.25) is 10.3 Å². The Hall–Kier alpha value is -3.36. The Kier molecular flexibility index (Phi) is 5.92. The van der Waals surface area contributed by atoms with E-state index in [1.165, 1.54) is 12.1 Å². The van der Waals surface area contributed by atoms with Gasteiger partial charge in [-0.2, -0.15) is 5.10 Å². The summed E-state index contributed by atoms with van der Waals surface area (Å²) < 4.78 is 1.70. The Morgan fingerprint density at radius 2 is 1.81 bits per heavy atom. The van der Waals surface area contributed by atoms with Crippen molar-refractivity contribution in [2.45, 2.75) is 13.3 Å². The monoisotopic (exact) mass is 455 g/mol. The van der Waals surface area contributed by atoms with E-state index >= 15 is 0 Å². The van der Waals surface area contributed by atoms with Crippen molar-refractivity contribution in [1.29, 1.82) is 0 Å². The first-order valence-electron chi connectivity index (χ1n) is 9.42. The summed E-state index contributed by atoms with van der Waals surface area (Å²) in [6, 6.07) is 12.5. The molecule has 2 amide bonds. The maximum Gasteiger partial charge on any atom is 0.337 e. The number of hydrogen-bond donors (Lipinski definition) is 3. The van der Waals surface area contributed by atoms with Crippen LogP contribution in [-0.2, 0) is 13.5 Å². The molecule has 3 aromatic heterocycles. The lowest BCUT2D eigenvalue weighted by Gasteiger charge is -2.16. The second-order valence-corrected chi connectivity index (χ2v) is 7.71. The van der Waals surface area contributed by atoms with Crippen LogP contribution in [-0.4, -0.2) is 25.8 Å². The van der Waals surface area contributed by atoms with Crippen molar-refractivity contribution in [3.05, 3.63) is 75.7 Å². The topological polar surface area (TPSA) is 96.8 Å². The number of aromatic nitrogens is 4. The van der Waals surface area contributed by atoms with Crippen molar-refractivity contribution in [3.8, 4) is 0 Å². The number of fused-ring (bicyclic) bond motifs is 1. The molecule has 4 aromatic rings. The summed E-state index contributed by atoms with van der Waals surface area (Å²) in [4.78, 5) is 21.0. The average Bonchev–Trinajstić information content (AvgIpc) is 3.09. The molecule has 0 spiro atoms. The number of nitrogens with one attached hydrogen (secondary N) is 3. The number of urea groups is 1. The van der Waals surface area contributed by atoms with Crippen molar-refractivity contribution in [2.24, 2.45) is 7.05 Å². The molecule has 0 saturated heterocycles. The van der Waals surface area contributed by atoms with Crippen molar-refractivity contribution >= 4 is 51.8 Å². The molecule has 0 atom stereocenters. The molecule has 0 saturated carbocycles. The van der Waals surface area contributed by atoms with E-state index in [-0.39, 0.29) is 10.3 Å². The zero-order valence-corrected chi connectivity index (χ0v) is 18.3. The Morgan fingerprint density at radius 3 is 2.52 bits per heavy atom. The lowest BCUT2D eigenvalue weighted by Crippen LogP contribution is -2.34. The molecule has 0 fully saturated rings. The first-order chi connectivity index (χ1) is 14.9. The summed E-state index contributed by atoms with van der Waals surface area (Å²) >= 11 is 11.8. The molecule has 10 heteroatoms. The predicted octanol–water partition coefficient (Wildman–Crippen LogP) is 4.72. The highest BCUT2D eigenvalue weighted by molar-refractivity contribution is 6.33. The van der Waals surface area contributed by atoms with Gasteiger partial charge in [0.25, 0.3) is 0 Å². The molecule has 3 N–H and O–H groups in total. The van der Waals surface area contributed by atoms with E-state index in [2.05, 4.69) is 26.3 Å². The van der Waals surface area contributed by atoms with Crippen molar-refractivity contribution in [3.63, 3.8) is 0 Å². The fourth-order valence-corrected chi connectivity index (χ4v) is 3.74. The molecular formula is C21H19Cl2N7O. The third kappa shape index (κ3) is 4.70. The third-order valence-corrected chi connectivity index (χ3v) is 5.19. The molecule has 158 valence electrons. The summed E-state index contributed by atoms with van der Waals surface area (Å²) in [6.45, 7) is 2.02. The van der Waals surface area contributed by atoms with Crippen LogP contribution < -0.4 is 16.2 Å². The Labute approximate surface area is 188 Å². The minimum atomic E-state index is -0.506. The number of amides is 2. The number of nitrogens with zero attached hydrogens (tertiary/aromatic N) is 4. The highest BCUT2D eigenvalue weighted by Crippen LogP contribution is 2.27. The number of halogens is 2. The molecule has 0 bridgehead atoms. The molecule has 8 nitrogen and oxygen atoms in total. The molecule has 4 rings (SSSR count). The van der Waals surface area contributed by atoms with Crippen LogP contribution in [0.4, 0.5) is 16.3 Å². The number of hydrazine groups is 1. The molecular weight excluding hydrogens is 437 g/mol. The summed E-state index contributed by atoms with van der Waals surface area (Å²) in [6.07, 6.45) is 2.44. The summed E-state index contributed by atoms with van der Waals surface area (Å²) in [5, 5.41) is 8.29. The maximum atomic E-state index is 12.4. The minimum Gasteiger partial charge on any atom is -0.306 e. The molecule has 0 radical (unpaired) electrons. The lowest BCUT2D eigenvalue weighted by atomic mass is 9.99. The van der Waals surface area contributed by atoms with Gasteiger partial charge in [-0.25, -0.2) is 14.8 Å². The fraction of sp³-hybridized carbons (Fsp3) is 0.143. The zero-order chi connectivity index (χ0) is 22.0. The summed E-state index contributed by atoms with van der Waals surface area (Å²) in [5.74, 6) is 0.540. The number of anilines is 2. The van der Waals surface area contributed by atoms with Gasteiger partial charge in [0, 0.05) is 30.1 Å². The lowest BCUT2D eigenvalue weighted by molar-refractivity contribution is 0.254. The number of carbonyl (C=O) groups is 1.